The molecular weight excluding hydrogens is 440 g/mol. The highest BCUT2D eigenvalue weighted by molar-refractivity contribution is 14.1. The van der Waals surface area contributed by atoms with Gasteiger partial charge in [-0.15, -0.1) is 0 Å². The molecule has 0 saturated carbocycles. The predicted octanol–water partition coefficient (Wildman–Crippen LogP) is 4.76. The zero-order valence-corrected chi connectivity index (χ0v) is 14.7. The molecule has 0 amide bonds. The fourth-order valence-corrected chi connectivity index (χ4v) is 3.01. The third kappa shape index (κ3) is 3.42. The summed E-state index contributed by atoms with van der Waals surface area (Å²) < 4.78 is 7.37. The summed E-state index contributed by atoms with van der Waals surface area (Å²) in [4.78, 5) is 0. The highest BCUT2D eigenvalue weighted by Gasteiger charge is 2.14. The van der Waals surface area contributed by atoms with Crippen molar-refractivity contribution in [3.05, 3.63) is 60.6 Å². The van der Waals surface area contributed by atoms with Gasteiger partial charge in [0.1, 0.15) is 5.75 Å². The van der Waals surface area contributed by atoms with Crippen molar-refractivity contribution in [2.75, 3.05) is 7.11 Å². The molecule has 2 aromatic carbocycles. The maximum Gasteiger partial charge on any atom is 0.137 e. The Morgan fingerprint density at radius 1 is 1.26 bits per heavy atom. The Labute approximate surface area is 139 Å². The van der Waals surface area contributed by atoms with E-state index in [0.29, 0.717) is 10.8 Å². The Bertz CT molecular complexity index is 606. The molecule has 0 saturated heterocycles. The van der Waals surface area contributed by atoms with Gasteiger partial charge in [-0.1, -0.05) is 33.6 Å². The van der Waals surface area contributed by atoms with Crippen LogP contribution in [0.4, 0.5) is 0 Å². The smallest absolute Gasteiger partial charge is 0.137 e. The first kappa shape index (κ1) is 15.1. The van der Waals surface area contributed by atoms with E-state index in [1.165, 1.54) is 0 Å². The fraction of sp³-hybridized carbons (Fsp3) is 0.143. The van der Waals surface area contributed by atoms with E-state index < -0.39 is 0 Å². The molecule has 0 fully saturated rings. The number of methoxy groups -OCH3 is 1. The zero-order valence-electron chi connectivity index (χ0n) is 10.2. The number of rotatable bonds is 3. The molecule has 0 aliphatic carbocycles. The van der Waals surface area contributed by atoms with Crippen LogP contribution in [-0.4, -0.2) is 7.11 Å². The third-order valence-corrected chi connectivity index (χ3v) is 4.53. The fourth-order valence-electron chi connectivity index (χ4n) is 1.80. The van der Waals surface area contributed by atoms with Crippen LogP contribution in [0.2, 0.25) is 5.02 Å². The van der Waals surface area contributed by atoms with Crippen molar-refractivity contribution in [2.45, 2.75) is 6.04 Å². The van der Waals surface area contributed by atoms with Crippen LogP contribution >= 0.6 is 50.1 Å². The molecule has 0 heterocycles. The lowest BCUT2D eigenvalue weighted by molar-refractivity contribution is 0.414. The lowest BCUT2D eigenvalue weighted by Gasteiger charge is -2.16. The number of halogens is 3. The van der Waals surface area contributed by atoms with Gasteiger partial charge in [0.05, 0.1) is 18.2 Å². The van der Waals surface area contributed by atoms with Crippen LogP contribution in [0.5, 0.6) is 5.75 Å². The van der Waals surface area contributed by atoms with Crippen molar-refractivity contribution in [2.24, 2.45) is 5.73 Å². The quantitative estimate of drug-likeness (QED) is 0.682. The van der Waals surface area contributed by atoms with Gasteiger partial charge in [-0.05, 0) is 64.0 Å². The van der Waals surface area contributed by atoms with Gasteiger partial charge in [-0.2, -0.15) is 0 Å². The van der Waals surface area contributed by atoms with E-state index in [9.17, 15) is 0 Å². The molecule has 2 nitrogen and oxygen atoms in total. The van der Waals surface area contributed by atoms with Crippen LogP contribution in [0, 0.1) is 3.57 Å². The van der Waals surface area contributed by atoms with Gasteiger partial charge in [0, 0.05) is 8.04 Å². The molecule has 1 unspecified atom stereocenters. The van der Waals surface area contributed by atoms with Gasteiger partial charge in [0.25, 0.3) is 0 Å². The number of nitrogens with two attached hydrogens (primary N) is 1. The number of benzene rings is 2. The molecule has 2 rings (SSSR count). The minimum atomic E-state index is -0.227. The normalized spacial score (nSPS) is 12.3. The van der Waals surface area contributed by atoms with Crippen molar-refractivity contribution in [3.63, 3.8) is 0 Å². The van der Waals surface area contributed by atoms with Crippen molar-refractivity contribution >= 4 is 50.1 Å². The number of hydrogen-bond acceptors (Lipinski definition) is 2. The van der Waals surface area contributed by atoms with Crippen LogP contribution < -0.4 is 10.5 Å². The van der Waals surface area contributed by atoms with Crippen LogP contribution in [0.3, 0.4) is 0 Å². The van der Waals surface area contributed by atoms with Crippen molar-refractivity contribution in [1.29, 1.82) is 0 Å². The maximum absolute atomic E-state index is 6.33. The number of hydrogen-bond donors (Lipinski definition) is 1. The molecule has 2 aromatic rings. The summed E-state index contributed by atoms with van der Waals surface area (Å²) in [6.07, 6.45) is 0. The summed E-state index contributed by atoms with van der Waals surface area (Å²) in [5.41, 5.74) is 8.33. The molecule has 100 valence electrons. The molecule has 5 heteroatoms. The standard InChI is InChI=1S/C14H12BrClINO/c1-19-13-6-8(2-5-12(13)16)14(18)10-7-9(17)3-4-11(10)15/h2-7,14H,18H2,1H3. The highest BCUT2D eigenvalue weighted by Crippen LogP contribution is 2.32. The van der Waals surface area contributed by atoms with Crippen molar-refractivity contribution in [1.82, 2.24) is 0 Å². The summed E-state index contributed by atoms with van der Waals surface area (Å²) in [6.45, 7) is 0. The molecule has 0 spiro atoms. The van der Waals surface area contributed by atoms with E-state index in [0.717, 1.165) is 19.2 Å². The predicted molar refractivity (Wildman–Crippen MR) is 90.9 cm³/mol. The van der Waals surface area contributed by atoms with Gasteiger partial charge in [-0.25, -0.2) is 0 Å². The van der Waals surface area contributed by atoms with Gasteiger partial charge in [-0.3, -0.25) is 0 Å². The van der Waals surface area contributed by atoms with Crippen LogP contribution in [0.1, 0.15) is 17.2 Å². The largest absolute Gasteiger partial charge is 0.495 e. The summed E-state index contributed by atoms with van der Waals surface area (Å²) in [5.74, 6) is 0.636. The second-order valence-corrected chi connectivity index (χ2v) is 6.54. The molecular formula is C14H12BrClINO. The lowest BCUT2D eigenvalue weighted by Crippen LogP contribution is -2.13. The minimum absolute atomic E-state index is 0.227. The van der Waals surface area contributed by atoms with Crippen LogP contribution in [-0.2, 0) is 0 Å². The molecule has 0 aliphatic heterocycles. The summed E-state index contributed by atoms with van der Waals surface area (Å²) in [5, 5.41) is 0.583. The maximum atomic E-state index is 6.33. The third-order valence-electron chi connectivity index (χ3n) is 2.83. The average Bonchev–Trinajstić information content (AvgIpc) is 2.41. The van der Waals surface area contributed by atoms with E-state index >= 15 is 0 Å². The topological polar surface area (TPSA) is 35.2 Å². The van der Waals surface area contributed by atoms with Crippen LogP contribution in [0.25, 0.3) is 0 Å². The Hall–Kier alpha value is -0.300. The lowest BCUT2D eigenvalue weighted by atomic mass is 9.99. The number of ether oxygens (including phenoxy) is 1. The SMILES string of the molecule is COc1cc(C(N)c2cc(I)ccc2Br)ccc1Cl. The summed E-state index contributed by atoms with van der Waals surface area (Å²) in [6, 6.07) is 11.5. The van der Waals surface area contributed by atoms with Gasteiger partial charge in [0.15, 0.2) is 0 Å². The van der Waals surface area contributed by atoms with Gasteiger partial charge < -0.3 is 10.5 Å². The first-order valence-corrected chi connectivity index (χ1v) is 7.82. The zero-order chi connectivity index (χ0) is 14.0. The summed E-state index contributed by atoms with van der Waals surface area (Å²) >= 11 is 11.8. The van der Waals surface area contributed by atoms with E-state index in [1.54, 1.807) is 13.2 Å². The van der Waals surface area contributed by atoms with Gasteiger partial charge >= 0.3 is 0 Å². The van der Waals surface area contributed by atoms with Crippen LogP contribution in [0.15, 0.2) is 40.9 Å². The van der Waals surface area contributed by atoms with Crippen molar-refractivity contribution in [3.8, 4) is 5.75 Å². The average molecular weight is 453 g/mol. The Kier molecular flexibility index (Phi) is 5.11. The second-order valence-electron chi connectivity index (χ2n) is 4.04. The second kappa shape index (κ2) is 6.43. The van der Waals surface area contributed by atoms with E-state index in [4.69, 9.17) is 22.1 Å². The highest BCUT2D eigenvalue weighted by atomic mass is 127. The Morgan fingerprint density at radius 2 is 2.00 bits per heavy atom. The van der Waals surface area contributed by atoms with E-state index in [1.807, 2.05) is 24.3 Å². The molecule has 2 N–H and O–H groups in total. The summed E-state index contributed by atoms with van der Waals surface area (Å²) in [7, 11) is 1.60. The molecule has 0 aliphatic rings. The van der Waals surface area contributed by atoms with E-state index in [2.05, 4.69) is 44.6 Å². The Morgan fingerprint density at radius 3 is 2.68 bits per heavy atom. The van der Waals surface area contributed by atoms with E-state index in [-0.39, 0.29) is 6.04 Å². The first-order valence-electron chi connectivity index (χ1n) is 5.57. The molecule has 19 heavy (non-hydrogen) atoms. The minimum Gasteiger partial charge on any atom is -0.495 e. The first-order chi connectivity index (χ1) is 9.02. The molecule has 1 atom stereocenters. The monoisotopic (exact) mass is 451 g/mol. The van der Waals surface area contributed by atoms with Gasteiger partial charge in [0.2, 0.25) is 0 Å². The molecule has 0 aromatic heterocycles. The van der Waals surface area contributed by atoms with Crippen molar-refractivity contribution < 1.29 is 4.74 Å². The molecule has 0 radical (unpaired) electrons. The Balaban J connectivity index is 2.43. The molecule has 0 bridgehead atoms.